The Hall–Kier alpha value is -1.93. The lowest BCUT2D eigenvalue weighted by molar-refractivity contribution is -0.176. The minimum absolute atomic E-state index is 0.0984. The Bertz CT molecular complexity index is 705. The van der Waals surface area contributed by atoms with Gasteiger partial charge in [-0.2, -0.15) is 0 Å². The van der Waals surface area contributed by atoms with Gasteiger partial charge in [-0.05, 0) is 19.3 Å². The molecule has 28 heavy (non-hydrogen) atoms. The summed E-state index contributed by atoms with van der Waals surface area (Å²) in [4.78, 5) is 31.5. The molecule has 4 rings (SSSR count). The quantitative estimate of drug-likeness (QED) is 0.816. The minimum Gasteiger partial charge on any atom is -0.376 e. The number of imidazole rings is 1. The monoisotopic (exact) mass is 390 g/mol. The fraction of sp³-hybridized carbons (Fsp3) is 0.750. The molecule has 1 aromatic heterocycles. The van der Waals surface area contributed by atoms with Crippen LogP contribution in [0.4, 0.5) is 0 Å². The van der Waals surface area contributed by atoms with E-state index in [1.807, 2.05) is 22.6 Å². The van der Waals surface area contributed by atoms with E-state index in [1.165, 1.54) is 0 Å². The molecule has 1 spiro atoms. The van der Waals surface area contributed by atoms with Crippen molar-refractivity contribution in [1.29, 1.82) is 0 Å². The summed E-state index contributed by atoms with van der Waals surface area (Å²) in [7, 11) is 0. The second kappa shape index (κ2) is 8.21. The Morgan fingerprint density at radius 1 is 1.36 bits per heavy atom. The SMILES string of the molecule is CCCC(=O)N1CCC2(CC1)OC(C(=O)NCC1CCCO1)Cn1ccnc12. The van der Waals surface area contributed by atoms with Crippen LogP contribution in [0.3, 0.4) is 0 Å². The molecule has 4 heterocycles. The first-order valence-electron chi connectivity index (χ1n) is 10.5. The van der Waals surface area contributed by atoms with Gasteiger partial charge in [0.15, 0.2) is 6.10 Å². The molecule has 2 amide bonds. The van der Waals surface area contributed by atoms with Gasteiger partial charge in [0.05, 0.1) is 12.6 Å². The van der Waals surface area contributed by atoms with Gasteiger partial charge in [0, 0.05) is 57.9 Å². The fourth-order valence-corrected chi connectivity index (χ4v) is 4.50. The highest BCUT2D eigenvalue weighted by Crippen LogP contribution is 2.40. The summed E-state index contributed by atoms with van der Waals surface area (Å²) in [6.07, 6.45) is 8.03. The highest BCUT2D eigenvalue weighted by Gasteiger charge is 2.47. The number of hydrogen-bond donors (Lipinski definition) is 1. The summed E-state index contributed by atoms with van der Waals surface area (Å²) in [5, 5.41) is 3.00. The molecule has 0 bridgehead atoms. The van der Waals surface area contributed by atoms with Crippen LogP contribution < -0.4 is 5.32 Å². The highest BCUT2D eigenvalue weighted by molar-refractivity contribution is 5.81. The number of ether oxygens (including phenoxy) is 2. The second-order valence-corrected chi connectivity index (χ2v) is 8.01. The van der Waals surface area contributed by atoms with Crippen molar-refractivity contribution in [2.24, 2.45) is 0 Å². The smallest absolute Gasteiger partial charge is 0.251 e. The summed E-state index contributed by atoms with van der Waals surface area (Å²) in [6.45, 7) is 5.06. The number of rotatable bonds is 5. The van der Waals surface area contributed by atoms with Crippen LogP contribution in [0.25, 0.3) is 0 Å². The Morgan fingerprint density at radius 2 is 2.18 bits per heavy atom. The van der Waals surface area contributed by atoms with Crippen molar-refractivity contribution >= 4 is 11.8 Å². The number of hydrogen-bond acceptors (Lipinski definition) is 5. The van der Waals surface area contributed by atoms with Crippen LogP contribution >= 0.6 is 0 Å². The van der Waals surface area contributed by atoms with Gasteiger partial charge in [0.1, 0.15) is 11.4 Å². The number of aromatic nitrogens is 2. The third kappa shape index (κ3) is 3.80. The Balaban J connectivity index is 1.43. The van der Waals surface area contributed by atoms with E-state index in [9.17, 15) is 9.59 Å². The van der Waals surface area contributed by atoms with Crippen molar-refractivity contribution in [2.75, 3.05) is 26.2 Å². The van der Waals surface area contributed by atoms with Gasteiger partial charge in [-0.25, -0.2) is 4.98 Å². The van der Waals surface area contributed by atoms with E-state index < -0.39 is 11.7 Å². The molecule has 2 fully saturated rings. The molecular formula is C20H30N4O4. The van der Waals surface area contributed by atoms with E-state index in [1.54, 1.807) is 6.20 Å². The first-order valence-corrected chi connectivity index (χ1v) is 10.5. The molecule has 0 saturated carbocycles. The number of nitrogens with zero attached hydrogens (tertiary/aromatic N) is 3. The van der Waals surface area contributed by atoms with Gasteiger partial charge in [0.25, 0.3) is 5.91 Å². The fourth-order valence-electron chi connectivity index (χ4n) is 4.50. The van der Waals surface area contributed by atoms with Crippen LogP contribution in [0, 0.1) is 0 Å². The molecule has 3 aliphatic rings. The van der Waals surface area contributed by atoms with Gasteiger partial charge in [-0.15, -0.1) is 0 Å². The number of carbonyl (C=O) groups is 2. The Morgan fingerprint density at radius 3 is 2.89 bits per heavy atom. The van der Waals surface area contributed by atoms with Crippen molar-refractivity contribution in [3.05, 3.63) is 18.2 Å². The van der Waals surface area contributed by atoms with E-state index in [2.05, 4.69) is 10.3 Å². The molecule has 2 unspecified atom stereocenters. The lowest BCUT2D eigenvalue weighted by Gasteiger charge is -2.45. The van der Waals surface area contributed by atoms with Crippen LogP contribution in [0.15, 0.2) is 12.4 Å². The standard InChI is InChI=1S/C20H30N4O4/c1-2-4-17(25)23-9-6-20(7-10-23)19-21-8-11-24(19)14-16(28-20)18(26)22-13-15-5-3-12-27-15/h8,11,15-16H,2-7,9-10,12-14H2,1H3,(H,22,26). The summed E-state index contributed by atoms with van der Waals surface area (Å²) in [5.74, 6) is 0.972. The molecule has 1 aromatic rings. The van der Waals surface area contributed by atoms with Crippen LogP contribution in [-0.2, 0) is 31.2 Å². The Kier molecular flexibility index (Phi) is 5.68. The summed E-state index contributed by atoms with van der Waals surface area (Å²) >= 11 is 0. The van der Waals surface area contributed by atoms with Crippen molar-refractivity contribution < 1.29 is 19.1 Å². The predicted octanol–water partition coefficient (Wildman–Crippen LogP) is 1.19. The number of likely N-dealkylation sites (tertiary alicyclic amines) is 1. The lowest BCUT2D eigenvalue weighted by Crippen LogP contribution is -2.55. The zero-order valence-corrected chi connectivity index (χ0v) is 16.6. The second-order valence-electron chi connectivity index (χ2n) is 8.01. The maximum absolute atomic E-state index is 12.8. The van der Waals surface area contributed by atoms with Crippen LogP contribution in [0.1, 0.15) is 51.3 Å². The summed E-state index contributed by atoms with van der Waals surface area (Å²) in [5.41, 5.74) is -0.601. The zero-order valence-electron chi connectivity index (χ0n) is 16.6. The van der Waals surface area contributed by atoms with E-state index in [4.69, 9.17) is 9.47 Å². The molecule has 0 aromatic carbocycles. The topological polar surface area (TPSA) is 85.7 Å². The van der Waals surface area contributed by atoms with Crippen molar-refractivity contribution in [1.82, 2.24) is 19.8 Å². The molecule has 2 atom stereocenters. The number of carbonyl (C=O) groups excluding carboxylic acids is 2. The number of piperidine rings is 1. The number of fused-ring (bicyclic) bond motifs is 2. The predicted molar refractivity (Wildman–Crippen MR) is 101 cm³/mol. The van der Waals surface area contributed by atoms with Crippen LogP contribution in [0.2, 0.25) is 0 Å². The van der Waals surface area contributed by atoms with E-state index >= 15 is 0 Å². The third-order valence-electron chi connectivity index (χ3n) is 6.06. The summed E-state index contributed by atoms with van der Waals surface area (Å²) < 4.78 is 14.0. The van der Waals surface area contributed by atoms with Gasteiger partial charge in [0.2, 0.25) is 5.91 Å². The molecule has 0 radical (unpaired) electrons. The Labute approximate surface area is 165 Å². The first kappa shape index (κ1) is 19.4. The van der Waals surface area contributed by atoms with Crippen LogP contribution in [0.5, 0.6) is 0 Å². The lowest BCUT2D eigenvalue weighted by atomic mass is 9.88. The molecular weight excluding hydrogens is 360 g/mol. The van der Waals surface area contributed by atoms with Crippen LogP contribution in [-0.4, -0.2) is 64.7 Å². The zero-order chi connectivity index (χ0) is 19.6. The van der Waals surface area contributed by atoms with Crippen molar-refractivity contribution in [3.8, 4) is 0 Å². The van der Waals surface area contributed by atoms with E-state index in [-0.39, 0.29) is 17.9 Å². The minimum atomic E-state index is -0.601. The average molecular weight is 390 g/mol. The number of nitrogens with one attached hydrogen (secondary N) is 1. The number of amides is 2. The molecule has 8 nitrogen and oxygen atoms in total. The van der Waals surface area contributed by atoms with E-state index in [0.29, 0.717) is 45.4 Å². The molecule has 154 valence electrons. The summed E-state index contributed by atoms with van der Waals surface area (Å²) in [6, 6.07) is 0. The largest absolute Gasteiger partial charge is 0.376 e. The average Bonchev–Trinajstić information content (AvgIpc) is 3.39. The highest BCUT2D eigenvalue weighted by atomic mass is 16.5. The molecule has 3 aliphatic heterocycles. The normalized spacial score (nSPS) is 26.2. The van der Waals surface area contributed by atoms with E-state index in [0.717, 1.165) is 31.7 Å². The van der Waals surface area contributed by atoms with Gasteiger partial charge in [-0.3, -0.25) is 9.59 Å². The van der Waals surface area contributed by atoms with Crippen molar-refractivity contribution in [2.45, 2.75) is 69.8 Å². The maximum Gasteiger partial charge on any atom is 0.251 e. The van der Waals surface area contributed by atoms with Gasteiger partial charge >= 0.3 is 0 Å². The molecule has 8 heteroatoms. The van der Waals surface area contributed by atoms with Crippen molar-refractivity contribution in [3.63, 3.8) is 0 Å². The molecule has 2 saturated heterocycles. The molecule has 0 aliphatic carbocycles. The van der Waals surface area contributed by atoms with Gasteiger partial charge < -0.3 is 24.3 Å². The first-order chi connectivity index (χ1) is 13.6. The van der Waals surface area contributed by atoms with Gasteiger partial charge in [-0.1, -0.05) is 6.92 Å². The third-order valence-corrected chi connectivity index (χ3v) is 6.06. The molecule has 1 N–H and O–H groups in total. The maximum atomic E-state index is 12.8.